The van der Waals surface area contributed by atoms with Gasteiger partial charge >= 0.3 is 11.9 Å². The minimum Gasteiger partial charge on any atom is -0.463 e. The molecule has 32 heavy (non-hydrogen) atoms. The van der Waals surface area contributed by atoms with E-state index in [-0.39, 0.29) is 24.4 Å². The summed E-state index contributed by atoms with van der Waals surface area (Å²) < 4.78 is 28.3. The largest absolute Gasteiger partial charge is 0.463 e. The summed E-state index contributed by atoms with van der Waals surface area (Å²) in [5.74, 6) is -0.719. The Kier molecular flexibility index (Phi) is 11.7. The monoisotopic (exact) mass is 450 g/mol. The van der Waals surface area contributed by atoms with Crippen LogP contribution >= 0.6 is 0 Å². The molecule has 1 aromatic carbocycles. The molecule has 7 heteroatoms. The Morgan fingerprint density at radius 2 is 1.59 bits per heavy atom. The van der Waals surface area contributed by atoms with E-state index in [2.05, 4.69) is 12.1 Å². The first-order valence-corrected chi connectivity index (χ1v) is 11.6. The first-order chi connectivity index (χ1) is 15.4. The van der Waals surface area contributed by atoms with Crippen molar-refractivity contribution >= 4 is 11.9 Å². The van der Waals surface area contributed by atoms with Crippen molar-refractivity contribution in [2.45, 2.75) is 78.5 Å². The summed E-state index contributed by atoms with van der Waals surface area (Å²) in [6.07, 6.45) is 2.65. The van der Waals surface area contributed by atoms with Crippen LogP contribution in [-0.4, -0.2) is 50.3 Å². The molecular weight excluding hydrogens is 412 g/mol. The van der Waals surface area contributed by atoms with E-state index in [1.165, 1.54) is 19.4 Å². The van der Waals surface area contributed by atoms with E-state index in [9.17, 15) is 9.59 Å². The lowest BCUT2D eigenvalue weighted by atomic mass is 9.84. The first-order valence-electron chi connectivity index (χ1n) is 11.6. The zero-order valence-electron chi connectivity index (χ0n) is 19.8. The van der Waals surface area contributed by atoms with Gasteiger partial charge in [-0.2, -0.15) is 0 Å². The standard InChI is InChI=1S/C25H38O7/c1-18-19(2)25(32-23(17-30-20(3)26)24(18)31-21(4)27)29-15-11-6-5-10-14-28-16-22-12-8-7-9-13-22/h7-9,12-13,18-19,23-25H,5-6,10-11,14-17H2,1-4H3. The van der Waals surface area contributed by atoms with E-state index in [0.29, 0.717) is 13.2 Å². The third-order valence-electron chi connectivity index (χ3n) is 5.78. The third-order valence-corrected chi connectivity index (χ3v) is 5.78. The molecule has 5 atom stereocenters. The minimum absolute atomic E-state index is 0.0139. The lowest BCUT2D eigenvalue weighted by Gasteiger charge is -2.43. The van der Waals surface area contributed by atoms with Gasteiger partial charge in [-0.05, 0) is 18.4 Å². The summed E-state index contributed by atoms with van der Waals surface area (Å²) in [4.78, 5) is 22.7. The molecular formula is C25H38O7. The van der Waals surface area contributed by atoms with Crippen molar-refractivity contribution in [1.29, 1.82) is 0 Å². The fourth-order valence-corrected chi connectivity index (χ4v) is 3.78. The van der Waals surface area contributed by atoms with Gasteiger partial charge in [-0.1, -0.05) is 57.0 Å². The maximum Gasteiger partial charge on any atom is 0.303 e. The molecule has 0 amide bonds. The Balaban J connectivity index is 1.65. The second-order valence-electron chi connectivity index (χ2n) is 8.46. The zero-order valence-corrected chi connectivity index (χ0v) is 19.8. The van der Waals surface area contributed by atoms with Crippen LogP contribution in [0.2, 0.25) is 0 Å². The number of carbonyl (C=O) groups excluding carboxylic acids is 2. The predicted molar refractivity (Wildman–Crippen MR) is 120 cm³/mol. The molecule has 2 rings (SSSR count). The summed E-state index contributed by atoms with van der Waals surface area (Å²) in [6.45, 7) is 8.78. The summed E-state index contributed by atoms with van der Waals surface area (Å²) in [6, 6.07) is 10.2. The zero-order chi connectivity index (χ0) is 23.3. The van der Waals surface area contributed by atoms with E-state index in [1.54, 1.807) is 0 Å². The molecule has 1 aliphatic heterocycles. The molecule has 7 nitrogen and oxygen atoms in total. The Hall–Kier alpha value is -1.96. The van der Waals surface area contributed by atoms with Crippen molar-refractivity contribution in [3.05, 3.63) is 35.9 Å². The van der Waals surface area contributed by atoms with E-state index >= 15 is 0 Å². The van der Waals surface area contributed by atoms with E-state index < -0.39 is 24.5 Å². The molecule has 1 saturated heterocycles. The highest BCUT2D eigenvalue weighted by Crippen LogP contribution is 2.33. The number of carbonyl (C=O) groups is 2. The molecule has 0 radical (unpaired) electrons. The minimum atomic E-state index is -0.541. The molecule has 180 valence electrons. The summed E-state index contributed by atoms with van der Waals surface area (Å²) in [5, 5.41) is 0. The molecule has 0 aliphatic carbocycles. The molecule has 0 bridgehead atoms. The fourth-order valence-electron chi connectivity index (χ4n) is 3.78. The van der Waals surface area contributed by atoms with Gasteiger partial charge in [-0.15, -0.1) is 0 Å². The molecule has 1 heterocycles. The van der Waals surface area contributed by atoms with E-state index in [0.717, 1.165) is 32.3 Å². The van der Waals surface area contributed by atoms with Crippen LogP contribution in [0.15, 0.2) is 30.3 Å². The average molecular weight is 451 g/mol. The van der Waals surface area contributed by atoms with Gasteiger partial charge in [0.05, 0.1) is 6.61 Å². The van der Waals surface area contributed by atoms with Crippen LogP contribution < -0.4 is 0 Å². The second-order valence-corrected chi connectivity index (χ2v) is 8.46. The van der Waals surface area contributed by atoms with Gasteiger partial charge in [-0.25, -0.2) is 0 Å². The number of unbranched alkanes of at least 4 members (excludes halogenated alkanes) is 3. The van der Waals surface area contributed by atoms with Crippen molar-refractivity contribution < 1.29 is 33.3 Å². The Morgan fingerprint density at radius 1 is 0.906 bits per heavy atom. The van der Waals surface area contributed by atoms with Crippen LogP contribution in [-0.2, 0) is 39.9 Å². The number of ether oxygens (including phenoxy) is 5. The number of hydrogen-bond acceptors (Lipinski definition) is 7. The summed E-state index contributed by atoms with van der Waals surface area (Å²) in [7, 11) is 0. The number of hydrogen-bond donors (Lipinski definition) is 0. The molecule has 0 N–H and O–H groups in total. The molecule has 0 spiro atoms. The van der Waals surface area contributed by atoms with Crippen molar-refractivity contribution in [3.63, 3.8) is 0 Å². The van der Waals surface area contributed by atoms with Gasteiger partial charge in [0.25, 0.3) is 0 Å². The van der Waals surface area contributed by atoms with Crippen LogP contribution in [0.5, 0.6) is 0 Å². The van der Waals surface area contributed by atoms with Crippen LogP contribution in [0.4, 0.5) is 0 Å². The quantitative estimate of drug-likeness (QED) is 0.328. The van der Waals surface area contributed by atoms with Gasteiger partial charge in [0.15, 0.2) is 6.29 Å². The van der Waals surface area contributed by atoms with Crippen LogP contribution in [0.3, 0.4) is 0 Å². The van der Waals surface area contributed by atoms with Crippen molar-refractivity contribution in [2.24, 2.45) is 11.8 Å². The maximum atomic E-state index is 11.5. The molecule has 0 aromatic heterocycles. The average Bonchev–Trinajstić information content (AvgIpc) is 2.76. The topological polar surface area (TPSA) is 80.3 Å². The van der Waals surface area contributed by atoms with E-state index in [1.807, 2.05) is 32.0 Å². The Morgan fingerprint density at radius 3 is 2.25 bits per heavy atom. The van der Waals surface area contributed by atoms with E-state index in [4.69, 9.17) is 23.7 Å². The Bertz CT molecular complexity index is 678. The van der Waals surface area contributed by atoms with Gasteiger partial charge in [0.2, 0.25) is 0 Å². The fraction of sp³-hybridized carbons (Fsp3) is 0.680. The second kappa shape index (κ2) is 14.2. The highest BCUT2D eigenvalue weighted by molar-refractivity contribution is 5.66. The molecule has 1 aliphatic rings. The first kappa shape index (κ1) is 26.3. The normalized spacial score (nSPS) is 25.3. The summed E-state index contributed by atoms with van der Waals surface area (Å²) in [5.41, 5.74) is 1.19. The summed E-state index contributed by atoms with van der Waals surface area (Å²) >= 11 is 0. The van der Waals surface area contributed by atoms with Crippen LogP contribution in [0, 0.1) is 11.8 Å². The molecule has 0 saturated carbocycles. The molecule has 1 fully saturated rings. The molecule has 1 aromatic rings. The Labute approximate surface area is 191 Å². The highest BCUT2D eigenvalue weighted by atomic mass is 16.7. The van der Waals surface area contributed by atoms with Gasteiger partial charge in [0.1, 0.15) is 18.8 Å². The van der Waals surface area contributed by atoms with Crippen molar-refractivity contribution in [2.75, 3.05) is 19.8 Å². The third kappa shape index (κ3) is 9.27. The molecule has 5 unspecified atom stereocenters. The smallest absolute Gasteiger partial charge is 0.303 e. The number of esters is 2. The number of rotatable bonds is 13. The van der Waals surface area contributed by atoms with Crippen LogP contribution in [0.1, 0.15) is 58.9 Å². The van der Waals surface area contributed by atoms with Gasteiger partial charge < -0.3 is 23.7 Å². The van der Waals surface area contributed by atoms with Crippen molar-refractivity contribution in [3.8, 4) is 0 Å². The highest BCUT2D eigenvalue weighted by Gasteiger charge is 2.44. The van der Waals surface area contributed by atoms with Gasteiger partial charge in [0, 0.05) is 38.9 Å². The predicted octanol–water partition coefficient (Wildman–Crippen LogP) is 4.27. The van der Waals surface area contributed by atoms with Gasteiger partial charge in [-0.3, -0.25) is 9.59 Å². The van der Waals surface area contributed by atoms with Crippen LogP contribution in [0.25, 0.3) is 0 Å². The lowest BCUT2D eigenvalue weighted by Crippen LogP contribution is -2.53. The number of benzene rings is 1. The lowest BCUT2D eigenvalue weighted by molar-refractivity contribution is -0.273. The van der Waals surface area contributed by atoms with Crippen molar-refractivity contribution in [1.82, 2.24) is 0 Å². The maximum absolute atomic E-state index is 11.5. The SMILES string of the molecule is CC(=O)OCC1OC(OCCCCCCOCc2ccccc2)C(C)C(C)C1OC(C)=O.